The molecule has 0 aliphatic rings. The minimum Gasteiger partial charge on any atom is -0.465 e. The molecule has 0 atom stereocenters. The van der Waals surface area contributed by atoms with Crippen molar-refractivity contribution in [1.82, 2.24) is 4.98 Å². The van der Waals surface area contributed by atoms with Crippen LogP contribution in [0.5, 0.6) is 0 Å². The lowest BCUT2D eigenvalue weighted by Gasteiger charge is -2.02. The summed E-state index contributed by atoms with van der Waals surface area (Å²) in [6.07, 6.45) is 1.95. The zero-order valence-electron chi connectivity index (χ0n) is 9.49. The number of hydrogen-bond acceptors (Lipinski definition) is 6. The lowest BCUT2D eigenvalue weighted by molar-refractivity contribution is -0.140. The standard InChI is InChI=1S/C10H16N2O2S2/c1-3-4-5-14-8(13)6-15-9-7(2)12-10(11)16-9/h3-6H2,1-2H3,(H2,11,12). The smallest absolute Gasteiger partial charge is 0.316 e. The van der Waals surface area contributed by atoms with Gasteiger partial charge in [0.25, 0.3) is 0 Å². The normalized spacial score (nSPS) is 10.4. The van der Waals surface area contributed by atoms with Gasteiger partial charge in [-0.1, -0.05) is 24.7 Å². The van der Waals surface area contributed by atoms with Gasteiger partial charge in [-0.2, -0.15) is 0 Å². The van der Waals surface area contributed by atoms with Gasteiger partial charge in [0, 0.05) is 0 Å². The van der Waals surface area contributed by atoms with Crippen LogP contribution in [0.25, 0.3) is 0 Å². The number of aromatic nitrogens is 1. The highest BCUT2D eigenvalue weighted by Crippen LogP contribution is 2.30. The van der Waals surface area contributed by atoms with E-state index in [2.05, 4.69) is 11.9 Å². The van der Waals surface area contributed by atoms with Crippen molar-refractivity contribution in [3.8, 4) is 0 Å². The quantitative estimate of drug-likeness (QED) is 0.483. The molecule has 2 N–H and O–H groups in total. The van der Waals surface area contributed by atoms with Crippen LogP contribution < -0.4 is 5.73 Å². The van der Waals surface area contributed by atoms with Crippen molar-refractivity contribution >= 4 is 34.2 Å². The molecule has 0 aromatic carbocycles. The number of aryl methyl sites for hydroxylation is 1. The maximum absolute atomic E-state index is 11.3. The lowest BCUT2D eigenvalue weighted by Crippen LogP contribution is -2.08. The minimum atomic E-state index is -0.176. The lowest BCUT2D eigenvalue weighted by atomic mass is 10.4. The van der Waals surface area contributed by atoms with Crippen molar-refractivity contribution in [3.63, 3.8) is 0 Å². The number of carbonyl (C=O) groups excluding carboxylic acids is 1. The molecule has 1 heterocycles. The number of esters is 1. The molecule has 0 bridgehead atoms. The molecule has 16 heavy (non-hydrogen) atoms. The van der Waals surface area contributed by atoms with Gasteiger partial charge in [-0.25, -0.2) is 4.98 Å². The summed E-state index contributed by atoms with van der Waals surface area (Å²) in [5.74, 6) is 0.149. The molecule has 0 amide bonds. The molecule has 6 heteroatoms. The largest absolute Gasteiger partial charge is 0.465 e. The van der Waals surface area contributed by atoms with Crippen molar-refractivity contribution in [2.24, 2.45) is 0 Å². The van der Waals surface area contributed by atoms with Gasteiger partial charge in [-0.15, -0.1) is 11.8 Å². The number of nitrogens with zero attached hydrogens (tertiary/aromatic N) is 1. The number of nitrogens with two attached hydrogens (primary N) is 1. The molecule has 1 aromatic heterocycles. The molecule has 0 saturated carbocycles. The van der Waals surface area contributed by atoms with Gasteiger partial charge < -0.3 is 10.5 Å². The second kappa shape index (κ2) is 6.75. The molecular formula is C10H16N2O2S2. The fraction of sp³-hybridized carbons (Fsp3) is 0.600. The SMILES string of the molecule is CCCCOC(=O)CSc1sc(N)nc1C. The predicted octanol–water partition coefficient (Wildman–Crippen LogP) is 2.47. The summed E-state index contributed by atoms with van der Waals surface area (Å²) < 4.78 is 6.03. The highest BCUT2D eigenvalue weighted by molar-refractivity contribution is 8.01. The van der Waals surface area contributed by atoms with Gasteiger partial charge in [-0.3, -0.25) is 4.79 Å². The Labute approximate surface area is 104 Å². The van der Waals surface area contributed by atoms with E-state index in [0.717, 1.165) is 22.7 Å². The van der Waals surface area contributed by atoms with E-state index in [4.69, 9.17) is 10.5 Å². The molecular weight excluding hydrogens is 244 g/mol. The van der Waals surface area contributed by atoms with Gasteiger partial charge in [-0.05, 0) is 13.3 Å². The maximum atomic E-state index is 11.3. The summed E-state index contributed by atoms with van der Waals surface area (Å²) in [6.45, 7) is 4.46. The second-order valence-corrected chi connectivity index (χ2v) is 5.56. The Hall–Kier alpha value is -0.750. The van der Waals surface area contributed by atoms with Gasteiger partial charge in [0.15, 0.2) is 5.13 Å². The molecule has 4 nitrogen and oxygen atoms in total. The third-order valence-electron chi connectivity index (χ3n) is 1.85. The second-order valence-electron chi connectivity index (χ2n) is 3.29. The monoisotopic (exact) mass is 260 g/mol. The first-order chi connectivity index (χ1) is 7.63. The number of ether oxygens (including phenoxy) is 1. The van der Waals surface area contributed by atoms with Crippen molar-refractivity contribution in [3.05, 3.63) is 5.69 Å². The number of nitrogen functional groups attached to an aromatic ring is 1. The summed E-state index contributed by atoms with van der Waals surface area (Å²) in [4.78, 5) is 15.4. The summed E-state index contributed by atoms with van der Waals surface area (Å²) in [7, 11) is 0. The molecule has 90 valence electrons. The average Bonchev–Trinajstić information content (AvgIpc) is 2.55. The van der Waals surface area contributed by atoms with Crippen molar-refractivity contribution in [2.45, 2.75) is 30.9 Å². The first-order valence-corrected chi connectivity index (χ1v) is 6.95. The molecule has 0 unspecified atom stereocenters. The topological polar surface area (TPSA) is 65.2 Å². The van der Waals surface area contributed by atoms with E-state index in [1.165, 1.54) is 23.1 Å². The van der Waals surface area contributed by atoms with E-state index >= 15 is 0 Å². The van der Waals surface area contributed by atoms with Crippen LogP contribution in [0.3, 0.4) is 0 Å². The number of thioether (sulfide) groups is 1. The Morgan fingerprint density at radius 2 is 2.38 bits per heavy atom. The summed E-state index contributed by atoms with van der Waals surface area (Å²) in [6, 6.07) is 0. The number of hydrogen-bond donors (Lipinski definition) is 1. The maximum Gasteiger partial charge on any atom is 0.316 e. The van der Waals surface area contributed by atoms with Gasteiger partial charge in [0.1, 0.15) is 0 Å². The molecule has 0 aliphatic carbocycles. The molecule has 1 rings (SSSR count). The highest BCUT2D eigenvalue weighted by atomic mass is 32.2. The van der Waals surface area contributed by atoms with Gasteiger partial charge in [0.05, 0.1) is 22.3 Å². The zero-order valence-corrected chi connectivity index (χ0v) is 11.1. The number of rotatable bonds is 6. The average molecular weight is 260 g/mol. The molecule has 1 aromatic rings. The first-order valence-electron chi connectivity index (χ1n) is 5.14. The Morgan fingerprint density at radius 3 is 2.94 bits per heavy atom. The summed E-state index contributed by atoms with van der Waals surface area (Å²) in [5, 5.41) is 0.541. The molecule has 0 spiro atoms. The number of carbonyl (C=O) groups is 1. The Morgan fingerprint density at radius 1 is 1.62 bits per heavy atom. The third-order valence-corrected chi connectivity index (χ3v) is 4.18. The molecule has 0 saturated heterocycles. The fourth-order valence-electron chi connectivity index (χ4n) is 1.03. The van der Waals surface area contributed by atoms with E-state index < -0.39 is 0 Å². The summed E-state index contributed by atoms with van der Waals surface area (Å²) >= 11 is 2.84. The number of thiazole rings is 1. The van der Waals surface area contributed by atoms with Gasteiger partial charge in [0.2, 0.25) is 0 Å². The van der Waals surface area contributed by atoms with E-state index in [1.807, 2.05) is 6.92 Å². The number of anilines is 1. The van der Waals surface area contributed by atoms with Crippen LogP contribution in [0.15, 0.2) is 4.21 Å². The fourth-order valence-corrected chi connectivity index (χ4v) is 2.85. The van der Waals surface area contributed by atoms with Crippen molar-refractivity contribution in [2.75, 3.05) is 18.1 Å². The zero-order chi connectivity index (χ0) is 12.0. The predicted molar refractivity (Wildman–Crippen MR) is 67.9 cm³/mol. The molecule has 0 radical (unpaired) electrons. The molecule has 0 aliphatic heterocycles. The van der Waals surface area contributed by atoms with Gasteiger partial charge >= 0.3 is 5.97 Å². The highest BCUT2D eigenvalue weighted by Gasteiger charge is 2.09. The van der Waals surface area contributed by atoms with Crippen LogP contribution in [0.1, 0.15) is 25.5 Å². The van der Waals surface area contributed by atoms with Crippen molar-refractivity contribution < 1.29 is 9.53 Å². The third kappa shape index (κ3) is 4.40. The van der Waals surface area contributed by atoms with Crippen LogP contribution in [-0.4, -0.2) is 23.3 Å². The van der Waals surface area contributed by atoms with Crippen LogP contribution in [0, 0.1) is 6.92 Å². The van der Waals surface area contributed by atoms with E-state index in [9.17, 15) is 4.79 Å². The Kier molecular flexibility index (Phi) is 5.62. The van der Waals surface area contributed by atoms with E-state index in [0.29, 0.717) is 17.5 Å². The number of unbranched alkanes of at least 4 members (excludes halogenated alkanes) is 1. The van der Waals surface area contributed by atoms with E-state index in [-0.39, 0.29) is 5.97 Å². The first kappa shape index (κ1) is 13.3. The van der Waals surface area contributed by atoms with E-state index in [1.54, 1.807) is 0 Å². The van der Waals surface area contributed by atoms with Crippen LogP contribution in [-0.2, 0) is 9.53 Å². The van der Waals surface area contributed by atoms with Crippen molar-refractivity contribution in [1.29, 1.82) is 0 Å². The van der Waals surface area contributed by atoms with Crippen LogP contribution >= 0.6 is 23.1 Å². The minimum absolute atomic E-state index is 0.176. The summed E-state index contributed by atoms with van der Waals surface area (Å²) in [5.41, 5.74) is 6.45. The Balaban J connectivity index is 2.29. The Bertz CT molecular complexity index is 353. The molecule has 0 fully saturated rings. The van der Waals surface area contributed by atoms with Crippen LogP contribution in [0.2, 0.25) is 0 Å². The van der Waals surface area contributed by atoms with Crippen LogP contribution in [0.4, 0.5) is 5.13 Å².